The van der Waals surface area contributed by atoms with E-state index in [2.05, 4.69) is 32.9 Å². The lowest BCUT2D eigenvalue weighted by Gasteiger charge is -2.48. The highest BCUT2D eigenvalue weighted by molar-refractivity contribution is 7.99. The summed E-state index contributed by atoms with van der Waals surface area (Å²) in [4.78, 5) is 1.17. The van der Waals surface area contributed by atoms with Crippen LogP contribution >= 0.6 is 11.8 Å². The molecule has 5 heteroatoms. The Labute approximate surface area is 152 Å². The van der Waals surface area contributed by atoms with E-state index in [0.717, 1.165) is 18.1 Å². The molecule has 1 aliphatic rings. The first-order valence-electron chi connectivity index (χ1n) is 9.13. The van der Waals surface area contributed by atoms with Crippen LogP contribution in [0.25, 0.3) is 0 Å². The normalized spacial score (nSPS) is 31.2. The first-order chi connectivity index (χ1) is 11.4. The highest BCUT2D eigenvalue weighted by atomic mass is 32.2. The van der Waals surface area contributed by atoms with Gasteiger partial charge in [0.2, 0.25) is 0 Å². The Morgan fingerprint density at radius 3 is 2.29 bits per heavy atom. The summed E-state index contributed by atoms with van der Waals surface area (Å²) in [5.74, 6) is 0. The van der Waals surface area contributed by atoms with Crippen molar-refractivity contribution < 1.29 is 14.3 Å². The Bertz CT molecular complexity index is 496. The second-order valence-electron chi connectivity index (χ2n) is 7.05. The molecule has 0 aliphatic carbocycles. The quantitative estimate of drug-likeness (QED) is 0.683. The lowest BCUT2D eigenvalue weighted by atomic mass is 9.90. The Morgan fingerprint density at radius 2 is 1.79 bits per heavy atom. The minimum absolute atomic E-state index is 0.0433. The van der Waals surface area contributed by atoms with Gasteiger partial charge in [0.05, 0.1) is 17.8 Å². The number of rotatable bonds is 7. The molecule has 1 heterocycles. The molecule has 2 rings (SSSR count). The maximum absolute atomic E-state index is 11.1. The van der Waals surface area contributed by atoms with E-state index in [0.29, 0.717) is 6.42 Å². The van der Waals surface area contributed by atoms with Gasteiger partial charge in [-0.3, -0.25) is 0 Å². The van der Waals surface area contributed by atoms with Crippen molar-refractivity contribution in [1.82, 2.24) is 0 Å². The fraction of sp³-hybridized carbons (Fsp3) is 0.684. The summed E-state index contributed by atoms with van der Waals surface area (Å²) in [6, 6.07) is 13.5. The average molecular weight is 369 g/mol. The highest BCUT2D eigenvalue weighted by Gasteiger charge is 2.48. The van der Waals surface area contributed by atoms with Gasteiger partial charge in [-0.05, 0) is 44.1 Å². The molecular formula is C19H32O3SSi. The van der Waals surface area contributed by atoms with E-state index in [4.69, 9.17) is 9.16 Å². The first kappa shape index (κ1) is 20.0. The van der Waals surface area contributed by atoms with Crippen molar-refractivity contribution in [3.63, 3.8) is 0 Å². The predicted octanol–water partition coefficient (Wildman–Crippen LogP) is 5.06. The number of benzene rings is 1. The van der Waals surface area contributed by atoms with Crippen LogP contribution in [0.3, 0.4) is 0 Å². The van der Waals surface area contributed by atoms with E-state index in [1.54, 1.807) is 11.8 Å². The second kappa shape index (κ2) is 8.36. The zero-order valence-corrected chi connectivity index (χ0v) is 17.4. The van der Waals surface area contributed by atoms with Gasteiger partial charge in [0.25, 0.3) is 0 Å². The summed E-state index contributed by atoms with van der Waals surface area (Å²) in [5, 5.41) is 11.1. The predicted molar refractivity (Wildman–Crippen MR) is 104 cm³/mol. The zero-order chi connectivity index (χ0) is 17.8. The van der Waals surface area contributed by atoms with Crippen molar-refractivity contribution in [3.05, 3.63) is 30.3 Å². The summed E-state index contributed by atoms with van der Waals surface area (Å²) >= 11 is 1.68. The highest BCUT2D eigenvalue weighted by Crippen LogP contribution is 2.40. The number of thioether (sulfide) groups is 1. The molecule has 1 saturated heterocycles. The van der Waals surface area contributed by atoms with Gasteiger partial charge in [0.15, 0.2) is 8.32 Å². The van der Waals surface area contributed by atoms with Crippen molar-refractivity contribution in [2.24, 2.45) is 0 Å². The first-order valence-corrected chi connectivity index (χ1v) is 12.5. The fourth-order valence-corrected chi connectivity index (χ4v) is 7.78. The van der Waals surface area contributed by atoms with Crippen LogP contribution in [0.2, 0.25) is 18.1 Å². The van der Waals surface area contributed by atoms with Gasteiger partial charge in [-0.15, -0.1) is 0 Å². The van der Waals surface area contributed by atoms with Crippen molar-refractivity contribution in [3.8, 4) is 0 Å². The van der Waals surface area contributed by atoms with Crippen LogP contribution in [0.4, 0.5) is 0 Å². The molecule has 0 amide bonds. The largest absolute Gasteiger partial charge is 0.408 e. The summed E-state index contributed by atoms with van der Waals surface area (Å²) in [6.07, 6.45) is 0.242. The van der Waals surface area contributed by atoms with Crippen LogP contribution in [0.1, 0.15) is 41.0 Å². The van der Waals surface area contributed by atoms with E-state index < -0.39 is 13.9 Å². The lowest BCUT2D eigenvalue weighted by Crippen LogP contribution is -2.59. The van der Waals surface area contributed by atoms with E-state index in [1.807, 2.05) is 32.0 Å². The summed E-state index contributed by atoms with van der Waals surface area (Å²) in [7, 11) is -1.78. The summed E-state index contributed by atoms with van der Waals surface area (Å²) in [5.41, 5.74) is -0.903. The van der Waals surface area contributed by atoms with Gasteiger partial charge >= 0.3 is 0 Å². The zero-order valence-electron chi connectivity index (χ0n) is 15.6. The van der Waals surface area contributed by atoms with Crippen LogP contribution in [0.15, 0.2) is 35.2 Å². The number of hydrogen-bond acceptors (Lipinski definition) is 4. The van der Waals surface area contributed by atoms with E-state index in [-0.39, 0.29) is 17.6 Å². The van der Waals surface area contributed by atoms with Crippen molar-refractivity contribution in [1.29, 1.82) is 0 Å². The SMILES string of the molecule is CC[Si](CC)(CC)O[C@H]1[C@H](C)OC(Sc2ccccc2)C[C@@]1(C)O. The van der Waals surface area contributed by atoms with Gasteiger partial charge < -0.3 is 14.3 Å². The standard InChI is InChI=1S/C19H32O3SSi/c1-6-24(7-2,8-3)22-18-15(4)21-17(14-19(18,5)20)23-16-12-10-9-11-13-16/h9-13,15,17-18,20H,6-8,14H2,1-5H3/t15-,17?,18-,19+/m0/s1. The molecule has 1 aromatic carbocycles. The molecule has 1 unspecified atom stereocenters. The molecule has 24 heavy (non-hydrogen) atoms. The smallest absolute Gasteiger partial charge is 0.192 e. The third-order valence-corrected chi connectivity index (χ3v) is 11.0. The molecule has 3 nitrogen and oxygen atoms in total. The third-order valence-electron chi connectivity index (χ3n) is 5.31. The van der Waals surface area contributed by atoms with Crippen molar-refractivity contribution in [2.45, 2.75) is 87.3 Å². The van der Waals surface area contributed by atoms with Crippen LogP contribution in [-0.4, -0.2) is 36.7 Å². The van der Waals surface area contributed by atoms with Gasteiger partial charge in [-0.1, -0.05) is 50.7 Å². The van der Waals surface area contributed by atoms with E-state index in [1.165, 1.54) is 4.90 Å². The van der Waals surface area contributed by atoms with Crippen LogP contribution in [-0.2, 0) is 9.16 Å². The molecule has 4 atom stereocenters. The van der Waals surface area contributed by atoms with Crippen LogP contribution in [0, 0.1) is 0 Å². The average Bonchev–Trinajstić information content (AvgIpc) is 2.56. The molecule has 1 aromatic rings. The molecule has 0 spiro atoms. The fourth-order valence-electron chi connectivity index (χ4n) is 3.53. The minimum atomic E-state index is -1.78. The van der Waals surface area contributed by atoms with Gasteiger partial charge in [-0.2, -0.15) is 0 Å². The maximum Gasteiger partial charge on any atom is 0.192 e. The molecule has 0 bridgehead atoms. The Hall–Kier alpha value is -0.333. The molecule has 0 aromatic heterocycles. The van der Waals surface area contributed by atoms with Gasteiger partial charge in [-0.25, -0.2) is 0 Å². The Kier molecular flexibility index (Phi) is 6.97. The van der Waals surface area contributed by atoms with Crippen LogP contribution < -0.4 is 0 Å². The monoisotopic (exact) mass is 368 g/mol. The second-order valence-corrected chi connectivity index (χ2v) is 13.0. The topological polar surface area (TPSA) is 38.7 Å². The number of hydrogen-bond donors (Lipinski definition) is 1. The minimum Gasteiger partial charge on any atom is -0.408 e. The Balaban J connectivity index is 2.09. The van der Waals surface area contributed by atoms with Crippen molar-refractivity contribution in [2.75, 3.05) is 0 Å². The van der Waals surface area contributed by atoms with Crippen molar-refractivity contribution >= 4 is 20.1 Å². The van der Waals surface area contributed by atoms with Gasteiger partial charge in [0.1, 0.15) is 5.44 Å². The van der Waals surface area contributed by atoms with Gasteiger partial charge in [0, 0.05) is 11.3 Å². The maximum atomic E-state index is 11.1. The third kappa shape index (κ3) is 4.64. The molecule has 1 fully saturated rings. The number of aliphatic hydroxyl groups is 1. The molecule has 0 radical (unpaired) electrons. The summed E-state index contributed by atoms with van der Waals surface area (Å²) < 4.78 is 12.8. The molecule has 1 aliphatic heterocycles. The lowest BCUT2D eigenvalue weighted by molar-refractivity contribution is -0.177. The molecular weight excluding hydrogens is 336 g/mol. The Morgan fingerprint density at radius 1 is 1.21 bits per heavy atom. The number of ether oxygens (including phenoxy) is 1. The molecule has 0 saturated carbocycles. The molecule has 136 valence electrons. The van der Waals surface area contributed by atoms with E-state index in [9.17, 15) is 5.11 Å². The summed E-state index contributed by atoms with van der Waals surface area (Å²) in [6.45, 7) is 10.6. The molecule has 1 N–H and O–H groups in total. The van der Waals surface area contributed by atoms with Crippen LogP contribution in [0.5, 0.6) is 0 Å². The van der Waals surface area contributed by atoms with E-state index >= 15 is 0 Å².